The summed E-state index contributed by atoms with van der Waals surface area (Å²) in [6.45, 7) is 0.437. The highest BCUT2D eigenvalue weighted by atomic mass is 16.5. The molecule has 232 valence electrons. The van der Waals surface area contributed by atoms with Gasteiger partial charge in [0.15, 0.2) is 0 Å². The van der Waals surface area contributed by atoms with E-state index >= 15 is 0 Å². The monoisotopic (exact) mass is 596 g/mol. The maximum Gasteiger partial charge on any atom is 0.309 e. The van der Waals surface area contributed by atoms with Gasteiger partial charge in [-0.2, -0.15) is 0 Å². The summed E-state index contributed by atoms with van der Waals surface area (Å²) >= 11 is 0. The Balaban J connectivity index is 1.51. The maximum absolute atomic E-state index is 13.7. The fraction of sp³-hybridized carbons (Fsp3) is 0.378. The fourth-order valence-corrected chi connectivity index (χ4v) is 5.57. The van der Waals surface area contributed by atoms with Crippen LogP contribution in [0.2, 0.25) is 0 Å². The molecule has 3 aromatic rings. The summed E-state index contributed by atoms with van der Waals surface area (Å²) in [5, 5.41) is 12.8. The van der Waals surface area contributed by atoms with E-state index in [1.165, 1.54) is 0 Å². The lowest BCUT2D eigenvalue weighted by atomic mass is 9.93. The average molecular weight is 597 g/mol. The van der Waals surface area contributed by atoms with E-state index in [9.17, 15) is 19.5 Å². The SMILES string of the molecule is O=C1N[C@H](Cc2ccccc2)COC(=O)[C@@H](Cc2ccccc2)CCCC=CC[C@@H]1CC(=O)N(CCO)Cc1ccccc1. The molecule has 44 heavy (non-hydrogen) atoms. The molecule has 0 radical (unpaired) electrons. The number of allylic oxidation sites excluding steroid dienone is 2. The molecule has 1 heterocycles. The quantitative estimate of drug-likeness (QED) is 0.246. The van der Waals surface area contributed by atoms with Crippen LogP contribution in [0.3, 0.4) is 0 Å². The van der Waals surface area contributed by atoms with Crippen molar-refractivity contribution in [1.29, 1.82) is 0 Å². The number of hydrogen-bond donors (Lipinski definition) is 2. The first kappa shape index (κ1) is 32.7. The number of aliphatic hydroxyl groups is 1. The van der Waals surface area contributed by atoms with Crippen LogP contribution in [0.4, 0.5) is 0 Å². The number of esters is 1. The molecule has 0 spiro atoms. The molecule has 1 aliphatic heterocycles. The zero-order chi connectivity index (χ0) is 31.0. The second-order valence-electron chi connectivity index (χ2n) is 11.5. The van der Waals surface area contributed by atoms with Crippen LogP contribution in [0, 0.1) is 11.8 Å². The minimum Gasteiger partial charge on any atom is -0.463 e. The molecule has 0 bridgehead atoms. The van der Waals surface area contributed by atoms with Crippen molar-refractivity contribution in [3.05, 3.63) is 120 Å². The second kappa shape index (κ2) is 17.8. The minimum absolute atomic E-state index is 0.0139. The topological polar surface area (TPSA) is 95.9 Å². The summed E-state index contributed by atoms with van der Waals surface area (Å²) in [6.07, 6.45) is 7.83. The van der Waals surface area contributed by atoms with Crippen LogP contribution in [-0.4, -0.2) is 53.6 Å². The van der Waals surface area contributed by atoms with E-state index in [2.05, 4.69) is 5.32 Å². The van der Waals surface area contributed by atoms with Gasteiger partial charge >= 0.3 is 5.97 Å². The molecule has 4 rings (SSSR count). The Kier molecular flexibility index (Phi) is 13.2. The predicted molar refractivity (Wildman–Crippen MR) is 171 cm³/mol. The van der Waals surface area contributed by atoms with Crippen molar-refractivity contribution in [3.8, 4) is 0 Å². The van der Waals surface area contributed by atoms with E-state index < -0.39 is 12.0 Å². The van der Waals surface area contributed by atoms with Crippen LogP contribution in [0.15, 0.2) is 103 Å². The van der Waals surface area contributed by atoms with Crippen LogP contribution in [0.25, 0.3) is 0 Å². The number of hydrogen-bond acceptors (Lipinski definition) is 5. The first-order chi connectivity index (χ1) is 21.5. The molecular formula is C37H44N2O5. The van der Waals surface area contributed by atoms with Crippen molar-refractivity contribution in [1.82, 2.24) is 10.2 Å². The number of cyclic esters (lactones) is 1. The molecule has 1 aliphatic rings. The van der Waals surface area contributed by atoms with Gasteiger partial charge in [-0.15, -0.1) is 0 Å². The van der Waals surface area contributed by atoms with Crippen molar-refractivity contribution in [2.75, 3.05) is 19.8 Å². The summed E-state index contributed by atoms with van der Waals surface area (Å²) in [5.74, 6) is -1.56. The Bertz CT molecular complexity index is 1330. The first-order valence-corrected chi connectivity index (χ1v) is 15.6. The summed E-state index contributed by atoms with van der Waals surface area (Å²) in [6, 6.07) is 28.9. The van der Waals surface area contributed by atoms with Gasteiger partial charge < -0.3 is 20.1 Å². The molecule has 7 heteroatoms. The average Bonchev–Trinajstić information content (AvgIpc) is 3.04. The summed E-state index contributed by atoms with van der Waals surface area (Å²) in [5.41, 5.74) is 3.07. The van der Waals surface area contributed by atoms with Gasteiger partial charge in [0.25, 0.3) is 0 Å². The van der Waals surface area contributed by atoms with Gasteiger partial charge in [0.2, 0.25) is 11.8 Å². The van der Waals surface area contributed by atoms with Gasteiger partial charge in [0.05, 0.1) is 24.5 Å². The minimum atomic E-state index is -0.599. The maximum atomic E-state index is 13.7. The highest BCUT2D eigenvalue weighted by Crippen LogP contribution is 2.20. The largest absolute Gasteiger partial charge is 0.463 e. The van der Waals surface area contributed by atoms with Gasteiger partial charge in [-0.1, -0.05) is 103 Å². The van der Waals surface area contributed by atoms with Gasteiger partial charge in [0.1, 0.15) is 6.61 Å². The molecule has 3 atom stereocenters. The van der Waals surface area contributed by atoms with Crippen LogP contribution in [-0.2, 0) is 38.5 Å². The molecule has 0 aliphatic carbocycles. The van der Waals surface area contributed by atoms with Crippen LogP contribution < -0.4 is 5.32 Å². The van der Waals surface area contributed by atoms with Crippen LogP contribution in [0.1, 0.15) is 48.8 Å². The number of nitrogens with one attached hydrogen (secondary N) is 1. The fourth-order valence-electron chi connectivity index (χ4n) is 5.57. The first-order valence-electron chi connectivity index (χ1n) is 15.6. The number of benzene rings is 3. The van der Waals surface area contributed by atoms with Crippen molar-refractivity contribution >= 4 is 17.8 Å². The van der Waals surface area contributed by atoms with Crippen LogP contribution >= 0.6 is 0 Å². The molecular weight excluding hydrogens is 552 g/mol. The van der Waals surface area contributed by atoms with Gasteiger partial charge in [0, 0.05) is 19.5 Å². The molecule has 2 amide bonds. The van der Waals surface area contributed by atoms with Crippen LogP contribution in [0.5, 0.6) is 0 Å². The Hall–Kier alpha value is -4.23. The third-order valence-electron chi connectivity index (χ3n) is 8.00. The summed E-state index contributed by atoms with van der Waals surface area (Å²) in [4.78, 5) is 42.2. The Morgan fingerprint density at radius 1 is 0.818 bits per heavy atom. The standard InChI is InChI=1S/C37H44N2O5/c40-23-22-39(27-31-18-10-5-11-19-31)35(41)26-32-20-12-1-2-13-21-33(24-29-14-6-3-7-15-29)37(43)44-28-34(38-36(32)42)25-30-16-8-4-9-17-30/h1,3-12,14-19,32-34,40H,2,13,20-28H2,(H,38,42)/t32-,33-,34-/m1/s1. The Morgan fingerprint density at radius 2 is 1.43 bits per heavy atom. The third-order valence-corrected chi connectivity index (χ3v) is 8.00. The number of aliphatic hydroxyl groups excluding tert-OH is 1. The van der Waals surface area contributed by atoms with E-state index in [0.717, 1.165) is 29.5 Å². The molecule has 0 fully saturated rings. The van der Waals surface area contributed by atoms with Gasteiger partial charge in [-0.05, 0) is 55.2 Å². The highest BCUT2D eigenvalue weighted by molar-refractivity contribution is 5.86. The third kappa shape index (κ3) is 10.8. The molecule has 7 nitrogen and oxygen atoms in total. The summed E-state index contributed by atoms with van der Waals surface area (Å²) in [7, 11) is 0. The van der Waals surface area contributed by atoms with E-state index in [1.807, 2.05) is 103 Å². The molecule has 3 aromatic carbocycles. The van der Waals surface area contributed by atoms with E-state index in [1.54, 1.807) is 4.90 Å². The highest BCUT2D eigenvalue weighted by Gasteiger charge is 2.28. The lowest BCUT2D eigenvalue weighted by Gasteiger charge is -2.26. The lowest BCUT2D eigenvalue weighted by Crippen LogP contribution is -2.45. The number of ether oxygens (including phenoxy) is 1. The smallest absolute Gasteiger partial charge is 0.309 e. The van der Waals surface area contributed by atoms with Crippen molar-refractivity contribution in [3.63, 3.8) is 0 Å². The van der Waals surface area contributed by atoms with E-state index in [0.29, 0.717) is 32.2 Å². The number of carbonyl (C=O) groups is 3. The second-order valence-corrected chi connectivity index (χ2v) is 11.5. The molecule has 0 aromatic heterocycles. The molecule has 0 unspecified atom stereocenters. The van der Waals surface area contributed by atoms with E-state index in [-0.39, 0.29) is 49.9 Å². The number of carbonyl (C=O) groups excluding carboxylic acids is 3. The van der Waals surface area contributed by atoms with Crippen molar-refractivity contribution < 1.29 is 24.2 Å². The normalized spacial score (nSPS) is 19.8. The zero-order valence-corrected chi connectivity index (χ0v) is 25.4. The number of nitrogens with zero attached hydrogens (tertiary/aromatic N) is 1. The lowest BCUT2D eigenvalue weighted by molar-refractivity contribution is -0.150. The summed E-state index contributed by atoms with van der Waals surface area (Å²) < 4.78 is 5.88. The number of amides is 2. The molecule has 0 saturated carbocycles. The number of rotatable bonds is 10. The Morgan fingerprint density at radius 3 is 2.07 bits per heavy atom. The van der Waals surface area contributed by atoms with Gasteiger partial charge in [-0.3, -0.25) is 14.4 Å². The molecule has 2 N–H and O–H groups in total. The Labute approximate surface area is 260 Å². The zero-order valence-electron chi connectivity index (χ0n) is 25.4. The predicted octanol–water partition coefficient (Wildman–Crippen LogP) is 5.27. The van der Waals surface area contributed by atoms with Crippen molar-refractivity contribution in [2.24, 2.45) is 11.8 Å². The molecule has 0 saturated heterocycles. The van der Waals surface area contributed by atoms with Gasteiger partial charge in [-0.25, -0.2) is 0 Å². The van der Waals surface area contributed by atoms with Crippen molar-refractivity contribution in [2.45, 2.75) is 57.5 Å². The van der Waals surface area contributed by atoms with E-state index in [4.69, 9.17) is 4.74 Å².